The van der Waals surface area contributed by atoms with E-state index in [1.165, 1.54) is 6.07 Å². The Hall–Kier alpha value is -1.91. The van der Waals surface area contributed by atoms with Gasteiger partial charge in [0.2, 0.25) is 5.65 Å². The summed E-state index contributed by atoms with van der Waals surface area (Å²) in [6, 6.07) is 4.97. The molecule has 2 rings (SSSR count). The molecule has 2 aromatic rings. The van der Waals surface area contributed by atoms with Crippen LogP contribution in [0.2, 0.25) is 0 Å². The number of hydrogen-bond acceptors (Lipinski definition) is 3. The van der Waals surface area contributed by atoms with Crippen LogP contribution in [0.1, 0.15) is 0 Å². The summed E-state index contributed by atoms with van der Waals surface area (Å²) in [4.78, 5) is 16.4. The lowest BCUT2D eigenvalue weighted by atomic mass is 10.3. The van der Waals surface area contributed by atoms with Gasteiger partial charge in [-0.05, 0) is 17.1 Å². The molecule has 2 aromatic heterocycles. The number of nitro groups is 1. The zero-order chi connectivity index (χ0) is 8.55. The van der Waals surface area contributed by atoms with Crippen LogP contribution < -0.4 is 0 Å². The summed E-state index contributed by atoms with van der Waals surface area (Å²) in [6.07, 6.45) is 1.59. The highest BCUT2D eigenvalue weighted by atomic mass is 16.6. The maximum Gasteiger partial charge on any atom is 0.323 e. The minimum Gasteiger partial charge on any atom is -0.358 e. The molecule has 0 aliphatic heterocycles. The van der Waals surface area contributed by atoms with Crippen LogP contribution >= 0.6 is 0 Å². The standard InChI is InChI=1S/C7H5N3O2/c11-10(12)6-4-5-2-1-3-8-7(5)9-6/h1-4H,(H,8,9). The Morgan fingerprint density at radius 3 is 3.08 bits per heavy atom. The minimum absolute atomic E-state index is 0.0244. The van der Waals surface area contributed by atoms with Crippen molar-refractivity contribution in [3.8, 4) is 0 Å². The first-order valence-electron chi connectivity index (χ1n) is 3.35. The molecule has 5 heteroatoms. The number of nitrogens with zero attached hydrogens (tertiary/aromatic N) is 2. The fourth-order valence-corrected chi connectivity index (χ4v) is 1.04. The number of aromatic nitrogens is 2. The Balaban J connectivity index is 2.70. The first-order valence-corrected chi connectivity index (χ1v) is 3.35. The van der Waals surface area contributed by atoms with Crippen molar-refractivity contribution < 1.29 is 4.92 Å². The molecule has 0 fully saturated rings. The fourth-order valence-electron chi connectivity index (χ4n) is 1.04. The number of fused-ring (bicyclic) bond motifs is 1. The van der Waals surface area contributed by atoms with E-state index in [1.807, 2.05) is 0 Å². The van der Waals surface area contributed by atoms with Gasteiger partial charge in [0.1, 0.15) is 0 Å². The maximum atomic E-state index is 10.3. The summed E-state index contributed by atoms with van der Waals surface area (Å²) in [5.41, 5.74) is 0.546. The van der Waals surface area contributed by atoms with E-state index in [0.29, 0.717) is 5.65 Å². The predicted molar refractivity (Wildman–Crippen MR) is 42.7 cm³/mol. The summed E-state index contributed by atoms with van der Waals surface area (Å²) in [5, 5.41) is 11.1. The molecule has 0 aromatic carbocycles. The van der Waals surface area contributed by atoms with Gasteiger partial charge in [-0.3, -0.25) is 0 Å². The smallest absolute Gasteiger partial charge is 0.323 e. The molecule has 0 saturated heterocycles. The van der Waals surface area contributed by atoms with Crippen LogP contribution in [0, 0.1) is 10.1 Å². The first kappa shape index (κ1) is 6.78. The van der Waals surface area contributed by atoms with Crippen molar-refractivity contribution in [1.82, 2.24) is 9.97 Å². The van der Waals surface area contributed by atoms with Crippen molar-refractivity contribution in [2.24, 2.45) is 0 Å². The molecule has 60 valence electrons. The highest BCUT2D eigenvalue weighted by molar-refractivity contribution is 5.78. The highest BCUT2D eigenvalue weighted by Gasteiger charge is 2.08. The molecule has 0 amide bonds. The average molecular weight is 163 g/mol. The molecule has 0 radical (unpaired) electrons. The van der Waals surface area contributed by atoms with Crippen LogP contribution in [-0.4, -0.2) is 14.9 Å². The Bertz CT molecular complexity index is 402. The lowest BCUT2D eigenvalue weighted by Crippen LogP contribution is -1.86. The summed E-state index contributed by atoms with van der Waals surface area (Å²) >= 11 is 0. The molecule has 0 atom stereocenters. The van der Waals surface area contributed by atoms with E-state index in [9.17, 15) is 10.1 Å². The van der Waals surface area contributed by atoms with Crippen LogP contribution in [0.25, 0.3) is 11.0 Å². The molecule has 0 bridgehead atoms. The zero-order valence-corrected chi connectivity index (χ0v) is 6.02. The zero-order valence-electron chi connectivity index (χ0n) is 6.02. The van der Waals surface area contributed by atoms with Gasteiger partial charge in [-0.15, -0.1) is 0 Å². The molecule has 12 heavy (non-hydrogen) atoms. The van der Waals surface area contributed by atoms with E-state index < -0.39 is 4.92 Å². The maximum absolute atomic E-state index is 10.3. The SMILES string of the molecule is O=[N+]([O-])c1cc2cccnc2[nH]1. The minimum atomic E-state index is -0.471. The summed E-state index contributed by atoms with van der Waals surface area (Å²) in [5.74, 6) is -0.0244. The predicted octanol–water partition coefficient (Wildman–Crippen LogP) is 1.47. The van der Waals surface area contributed by atoms with Crippen molar-refractivity contribution in [2.45, 2.75) is 0 Å². The van der Waals surface area contributed by atoms with E-state index in [2.05, 4.69) is 9.97 Å². The van der Waals surface area contributed by atoms with Crippen molar-refractivity contribution in [3.05, 3.63) is 34.5 Å². The summed E-state index contributed by atoms with van der Waals surface area (Å²) < 4.78 is 0. The van der Waals surface area contributed by atoms with Crippen LogP contribution in [0.4, 0.5) is 5.82 Å². The first-order chi connectivity index (χ1) is 5.77. The van der Waals surface area contributed by atoms with Crippen molar-refractivity contribution in [3.63, 3.8) is 0 Å². The number of nitrogens with one attached hydrogen (secondary N) is 1. The molecule has 0 saturated carbocycles. The second kappa shape index (κ2) is 2.30. The van der Waals surface area contributed by atoms with E-state index in [4.69, 9.17) is 0 Å². The van der Waals surface area contributed by atoms with Gasteiger partial charge >= 0.3 is 5.82 Å². The molecule has 0 spiro atoms. The van der Waals surface area contributed by atoms with Crippen molar-refractivity contribution >= 4 is 16.9 Å². The number of hydrogen-bond donors (Lipinski definition) is 1. The van der Waals surface area contributed by atoms with E-state index >= 15 is 0 Å². The van der Waals surface area contributed by atoms with Gasteiger partial charge in [-0.2, -0.15) is 0 Å². The van der Waals surface area contributed by atoms with Gasteiger partial charge in [0.05, 0.1) is 0 Å². The van der Waals surface area contributed by atoms with Gasteiger partial charge in [0.15, 0.2) is 0 Å². The molecular formula is C7H5N3O2. The molecule has 2 heterocycles. The lowest BCUT2D eigenvalue weighted by Gasteiger charge is -1.84. The van der Waals surface area contributed by atoms with Gasteiger partial charge < -0.3 is 10.1 Å². The molecule has 0 aliphatic rings. The molecule has 0 aliphatic carbocycles. The van der Waals surface area contributed by atoms with Gasteiger partial charge in [0.25, 0.3) is 0 Å². The molecular weight excluding hydrogens is 158 g/mol. The number of H-pyrrole nitrogens is 1. The van der Waals surface area contributed by atoms with Gasteiger partial charge in [0, 0.05) is 17.6 Å². The fraction of sp³-hybridized carbons (Fsp3) is 0. The largest absolute Gasteiger partial charge is 0.358 e. The normalized spacial score (nSPS) is 10.3. The van der Waals surface area contributed by atoms with E-state index in [1.54, 1.807) is 18.3 Å². The monoisotopic (exact) mass is 163 g/mol. The van der Waals surface area contributed by atoms with Crippen LogP contribution in [-0.2, 0) is 0 Å². The van der Waals surface area contributed by atoms with Gasteiger partial charge in [-0.25, -0.2) is 9.97 Å². The highest BCUT2D eigenvalue weighted by Crippen LogP contribution is 2.17. The summed E-state index contributed by atoms with van der Waals surface area (Å²) in [7, 11) is 0. The van der Waals surface area contributed by atoms with Crippen LogP contribution in [0.3, 0.4) is 0 Å². The van der Waals surface area contributed by atoms with Crippen molar-refractivity contribution in [1.29, 1.82) is 0 Å². The average Bonchev–Trinajstić information content (AvgIpc) is 2.46. The Morgan fingerprint density at radius 1 is 1.58 bits per heavy atom. The summed E-state index contributed by atoms with van der Waals surface area (Å²) in [6.45, 7) is 0. The Kier molecular flexibility index (Phi) is 1.30. The third kappa shape index (κ3) is 0.914. The Labute approximate surface area is 67.2 Å². The second-order valence-corrected chi connectivity index (χ2v) is 2.35. The Morgan fingerprint density at radius 2 is 2.42 bits per heavy atom. The second-order valence-electron chi connectivity index (χ2n) is 2.35. The lowest BCUT2D eigenvalue weighted by molar-refractivity contribution is -0.389. The third-order valence-corrected chi connectivity index (χ3v) is 1.57. The van der Waals surface area contributed by atoms with E-state index in [0.717, 1.165) is 5.39 Å². The third-order valence-electron chi connectivity index (χ3n) is 1.57. The van der Waals surface area contributed by atoms with Gasteiger partial charge in [-0.1, -0.05) is 0 Å². The van der Waals surface area contributed by atoms with Crippen molar-refractivity contribution in [2.75, 3.05) is 0 Å². The molecule has 1 N–H and O–H groups in total. The van der Waals surface area contributed by atoms with Crippen LogP contribution in [0.5, 0.6) is 0 Å². The number of pyridine rings is 1. The number of rotatable bonds is 1. The number of aromatic amines is 1. The topological polar surface area (TPSA) is 71.8 Å². The van der Waals surface area contributed by atoms with Crippen LogP contribution in [0.15, 0.2) is 24.4 Å². The molecule has 0 unspecified atom stereocenters. The quantitative estimate of drug-likeness (QED) is 0.511. The molecule has 5 nitrogen and oxygen atoms in total. The van der Waals surface area contributed by atoms with E-state index in [-0.39, 0.29) is 5.82 Å².